The Labute approximate surface area is 184 Å². The highest BCUT2D eigenvalue weighted by molar-refractivity contribution is 9.10. The summed E-state index contributed by atoms with van der Waals surface area (Å²) >= 11 is 9.98. The van der Waals surface area contributed by atoms with Gasteiger partial charge in [0.1, 0.15) is 0 Å². The first kappa shape index (κ1) is 21.9. The third kappa shape index (κ3) is 4.84. The van der Waals surface area contributed by atoms with Gasteiger partial charge in [-0.05, 0) is 72.4 Å². The molecule has 0 radical (unpaired) electrons. The van der Waals surface area contributed by atoms with Gasteiger partial charge in [0, 0.05) is 21.7 Å². The predicted octanol–water partition coefficient (Wildman–Crippen LogP) is 7.62. The topological polar surface area (TPSA) is 12.5 Å². The molecule has 0 aliphatic carbocycles. The van der Waals surface area contributed by atoms with Crippen LogP contribution >= 0.6 is 27.5 Å². The number of nitrogens with zero attached hydrogens (tertiary/aromatic N) is 1. The SMILES string of the molecule is CC(C)(C)[Si](C)(C)OCC(c1cccc(Cl)c1)N1CCCc2cc(Br)ccc21. The summed E-state index contributed by atoms with van der Waals surface area (Å²) in [5, 5.41) is 0.971. The Morgan fingerprint density at radius 3 is 2.61 bits per heavy atom. The molecule has 1 aliphatic rings. The number of anilines is 1. The lowest BCUT2D eigenvalue weighted by molar-refractivity contribution is 0.257. The lowest BCUT2D eigenvalue weighted by Gasteiger charge is -2.42. The van der Waals surface area contributed by atoms with Crippen molar-refractivity contribution in [3.63, 3.8) is 0 Å². The molecule has 3 rings (SSSR count). The molecule has 1 unspecified atom stereocenters. The van der Waals surface area contributed by atoms with Crippen molar-refractivity contribution in [2.24, 2.45) is 0 Å². The van der Waals surface area contributed by atoms with Crippen LogP contribution < -0.4 is 4.90 Å². The van der Waals surface area contributed by atoms with Crippen molar-refractivity contribution in [1.29, 1.82) is 0 Å². The van der Waals surface area contributed by atoms with Crippen LogP contribution in [0.25, 0.3) is 0 Å². The average molecular weight is 481 g/mol. The van der Waals surface area contributed by atoms with E-state index >= 15 is 0 Å². The Bertz CT molecular complexity index is 834. The summed E-state index contributed by atoms with van der Waals surface area (Å²) in [5.74, 6) is 0. The van der Waals surface area contributed by atoms with E-state index in [1.54, 1.807) is 0 Å². The van der Waals surface area contributed by atoms with Crippen molar-refractivity contribution < 1.29 is 4.43 Å². The molecule has 0 aromatic heterocycles. The Morgan fingerprint density at radius 1 is 1.18 bits per heavy atom. The Morgan fingerprint density at radius 2 is 1.93 bits per heavy atom. The molecule has 2 aromatic rings. The Hall–Kier alpha value is -0.813. The van der Waals surface area contributed by atoms with Crippen LogP contribution in [0, 0.1) is 0 Å². The first-order chi connectivity index (χ1) is 13.1. The Kier molecular flexibility index (Phi) is 6.65. The first-order valence-corrected chi connectivity index (χ1v) is 14.1. The van der Waals surface area contributed by atoms with E-state index in [1.807, 2.05) is 12.1 Å². The first-order valence-electron chi connectivity index (χ1n) is 10.0. The van der Waals surface area contributed by atoms with Gasteiger partial charge in [-0.25, -0.2) is 0 Å². The van der Waals surface area contributed by atoms with Crippen molar-refractivity contribution >= 4 is 41.5 Å². The highest BCUT2D eigenvalue weighted by Crippen LogP contribution is 2.40. The number of rotatable bonds is 5. The maximum absolute atomic E-state index is 6.69. The largest absolute Gasteiger partial charge is 0.414 e. The summed E-state index contributed by atoms with van der Waals surface area (Å²) in [6.07, 6.45) is 2.28. The minimum Gasteiger partial charge on any atom is -0.414 e. The van der Waals surface area contributed by atoms with Crippen LogP contribution in [0.3, 0.4) is 0 Å². The zero-order chi connectivity index (χ0) is 20.5. The normalized spacial score (nSPS) is 16.0. The fourth-order valence-electron chi connectivity index (χ4n) is 3.50. The van der Waals surface area contributed by atoms with E-state index in [9.17, 15) is 0 Å². The molecule has 0 fully saturated rings. The summed E-state index contributed by atoms with van der Waals surface area (Å²) in [5.41, 5.74) is 3.94. The van der Waals surface area contributed by atoms with E-state index in [-0.39, 0.29) is 11.1 Å². The van der Waals surface area contributed by atoms with Gasteiger partial charge in [0.05, 0.1) is 12.6 Å². The van der Waals surface area contributed by atoms with E-state index in [0.717, 1.165) is 28.9 Å². The van der Waals surface area contributed by atoms with Crippen LogP contribution in [0.1, 0.15) is 44.4 Å². The number of halogens is 2. The van der Waals surface area contributed by atoms with Crippen LogP contribution in [-0.2, 0) is 10.8 Å². The summed E-state index contributed by atoms with van der Waals surface area (Å²) in [7, 11) is -1.85. The lowest BCUT2D eigenvalue weighted by Crippen LogP contribution is -2.44. The van der Waals surface area contributed by atoms with E-state index in [0.29, 0.717) is 6.61 Å². The molecule has 0 saturated heterocycles. The van der Waals surface area contributed by atoms with E-state index in [4.69, 9.17) is 16.0 Å². The van der Waals surface area contributed by atoms with Crippen molar-refractivity contribution in [2.75, 3.05) is 18.1 Å². The van der Waals surface area contributed by atoms with Crippen molar-refractivity contribution in [1.82, 2.24) is 0 Å². The molecule has 0 amide bonds. The van der Waals surface area contributed by atoms with Crippen molar-refractivity contribution in [3.8, 4) is 0 Å². The molecule has 1 aliphatic heterocycles. The highest BCUT2D eigenvalue weighted by atomic mass is 79.9. The molecule has 152 valence electrons. The van der Waals surface area contributed by atoms with Gasteiger partial charge in [0.15, 0.2) is 8.32 Å². The predicted molar refractivity (Wildman–Crippen MR) is 127 cm³/mol. The molecule has 28 heavy (non-hydrogen) atoms. The van der Waals surface area contributed by atoms with Crippen LogP contribution in [0.2, 0.25) is 23.2 Å². The molecule has 0 bridgehead atoms. The third-order valence-electron chi connectivity index (χ3n) is 6.21. The minimum atomic E-state index is -1.85. The second-order valence-electron chi connectivity index (χ2n) is 9.21. The summed E-state index contributed by atoms with van der Waals surface area (Å²) in [6, 6.07) is 15.1. The number of fused-ring (bicyclic) bond motifs is 1. The zero-order valence-electron chi connectivity index (χ0n) is 17.6. The molecule has 5 heteroatoms. The average Bonchev–Trinajstić information content (AvgIpc) is 2.60. The van der Waals surface area contributed by atoms with Gasteiger partial charge < -0.3 is 9.33 Å². The maximum atomic E-state index is 6.69. The highest BCUT2D eigenvalue weighted by Gasteiger charge is 2.38. The van der Waals surface area contributed by atoms with Crippen molar-refractivity contribution in [2.45, 2.75) is 57.8 Å². The fourth-order valence-corrected chi connectivity index (χ4v) is 5.12. The standard InChI is InChI=1S/C23H31BrClNOSi/c1-23(2,3)28(4,5)27-16-22(18-8-6-10-20(25)15-18)26-13-7-9-17-14-19(24)11-12-21(17)26/h6,8,10-12,14-15,22H,7,9,13,16H2,1-5H3. The molecule has 2 nitrogen and oxygen atoms in total. The van der Waals surface area contributed by atoms with Gasteiger partial charge in [-0.15, -0.1) is 0 Å². The number of hydrogen-bond donors (Lipinski definition) is 0. The van der Waals surface area contributed by atoms with Crippen LogP contribution in [0.15, 0.2) is 46.9 Å². The van der Waals surface area contributed by atoms with Gasteiger partial charge in [-0.2, -0.15) is 0 Å². The van der Waals surface area contributed by atoms with Gasteiger partial charge in [-0.3, -0.25) is 0 Å². The molecular weight excluding hydrogens is 450 g/mol. The fraction of sp³-hybridized carbons (Fsp3) is 0.478. The second kappa shape index (κ2) is 8.51. The summed E-state index contributed by atoms with van der Waals surface area (Å²) < 4.78 is 7.83. The summed E-state index contributed by atoms with van der Waals surface area (Å²) in [6.45, 7) is 13.2. The third-order valence-corrected chi connectivity index (χ3v) is 11.4. The Balaban J connectivity index is 1.96. The lowest BCUT2D eigenvalue weighted by atomic mass is 9.97. The molecule has 1 atom stereocenters. The molecule has 1 heterocycles. The van der Waals surface area contributed by atoms with E-state index in [1.165, 1.54) is 16.8 Å². The second-order valence-corrected chi connectivity index (χ2v) is 15.4. The minimum absolute atomic E-state index is 0.160. The van der Waals surface area contributed by atoms with E-state index in [2.05, 4.69) is 85.0 Å². The zero-order valence-corrected chi connectivity index (χ0v) is 20.9. The number of aryl methyl sites for hydroxylation is 1. The summed E-state index contributed by atoms with van der Waals surface area (Å²) in [4.78, 5) is 2.52. The van der Waals surface area contributed by atoms with Gasteiger partial charge in [-0.1, -0.05) is 60.4 Å². The monoisotopic (exact) mass is 479 g/mol. The van der Waals surface area contributed by atoms with Crippen LogP contribution in [-0.4, -0.2) is 21.5 Å². The smallest absolute Gasteiger partial charge is 0.192 e. The molecule has 0 saturated carbocycles. The maximum Gasteiger partial charge on any atom is 0.192 e. The van der Waals surface area contributed by atoms with Gasteiger partial charge in [0.2, 0.25) is 0 Å². The van der Waals surface area contributed by atoms with E-state index < -0.39 is 8.32 Å². The van der Waals surface area contributed by atoms with Gasteiger partial charge >= 0.3 is 0 Å². The molecular formula is C23H31BrClNOSi. The van der Waals surface area contributed by atoms with Gasteiger partial charge in [0.25, 0.3) is 0 Å². The van der Waals surface area contributed by atoms with Crippen molar-refractivity contribution in [3.05, 3.63) is 63.1 Å². The molecule has 0 spiro atoms. The number of benzene rings is 2. The molecule has 0 N–H and O–H groups in total. The van der Waals surface area contributed by atoms with Crippen LogP contribution in [0.5, 0.6) is 0 Å². The quantitative estimate of drug-likeness (QED) is 0.408. The van der Waals surface area contributed by atoms with Crippen LogP contribution in [0.4, 0.5) is 5.69 Å². The molecule has 2 aromatic carbocycles. The number of hydrogen-bond acceptors (Lipinski definition) is 2.